The SMILES string of the molecule is CC(=O)N(C)[C@@H]1CCN2CC[C@@H](N3CCCC3=O)c3cccc1c32. The van der Waals surface area contributed by atoms with Crippen molar-refractivity contribution in [2.45, 2.75) is 44.7 Å². The number of carbonyl (C=O) groups is 2. The average molecular weight is 327 g/mol. The predicted octanol–water partition coefficient (Wildman–Crippen LogP) is 2.48. The second-order valence-electron chi connectivity index (χ2n) is 7.20. The molecule has 0 aliphatic carbocycles. The molecule has 3 heterocycles. The molecule has 0 radical (unpaired) electrons. The summed E-state index contributed by atoms with van der Waals surface area (Å²) in [5.74, 6) is 0.396. The van der Waals surface area contributed by atoms with E-state index in [2.05, 4.69) is 28.0 Å². The van der Waals surface area contributed by atoms with Gasteiger partial charge in [0.1, 0.15) is 0 Å². The number of benzene rings is 1. The lowest BCUT2D eigenvalue weighted by Gasteiger charge is -2.46. The van der Waals surface area contributed by atoms with E-state index in [1.807, 2.05) is 11.9 Å². The van der Waals surface area contributed by atoms with Crippen molar-refractivity contribution in [3.8, 4) is 0 Å². The van der Waals surface area contributed by atoms with Crippen molar-refractivity contribution in [1.29, 1.82) is 0 Å². The first-order valence-corrected chi connectivity index (χ1v) is 8.98. The molecule has 2 amide bonds. The zero-order valence-corrected chi connectivity index (χ0v) is 14.5. The van der Waals surface area contributed by atoms with Crippen LogP contribution in [0.5, 0.6) is 0 Å². The summed E-state index contributed by atoms with van der Waals surface area (Å²) < 4.78 is 0. The largest absolute Gasteiger partial charge is 0.371 e. The van der Waals surface area contributed by atoms with E-state index in [1.165, 1.54) is 16.8 Å². The van der Waals surface area contributed by atoms with Crippen LogP contribution in [0.25, 0.3) is 0 Å². The molecule has 2 atom stereocenters. The van der Waals surface area contributed by atoms with Gasteiger partial charge in [-0.3, -0.25) is 9.59 Å². The van der Waals surface area contributed by atoms with Gasteiger partial charge in [-0.05, 0) is 30.4 Å². The van der Waals surface area contributed by atoms with Gasteiger partial charge in [-0.2, -0.15) is 0 Å². The molecule has 0 unspecified atom stereocenters. The first-order valence-electron chi connectivity index (χ1n) is 8.98. The van der Waals surface area contributed by atoms with Gasteiger partial charge in [0.05, 0.1) is 12.1 Å². The molecule has 0 N–H and O–H groups in total. The molecule has 0 aromatic heterocycles. The molecule has 5 nitrogen and oxygen atoms in total. The van der Waals surface area contributed by atoms with Crippen LogP contribution in [0.1, 0.15) is 55.8 Å². The molecule has 3 aliphatic heterocycles. The molecule has 0 spiro atoms. The number of hydrogen-bond acceptors (Lipinski definition) is 3. The van der Waals surface area contributed by atoms with Crippen molar-refractivity contribution in [2.24, 2.45) is 0 Å². The van der Waals surface area contributed by atoms with Crippen LogP contribution in [0.3, 0.4) is 0 Å². The summed E-state index contributed by atoms with van der Waals surface area (Å²) >= 11 is 0. The van der Waals surface area contributed by atoms with Crippen LogP contribution in [0.4, 0.5) is 5.69 Å². The summed E-state index contributed by atoms with van der Waals surface area (Å²) in [4.78, 5) is 30.5. The fourth-order valence-corrected chi connectivity index (χ4v) is 4.63. The summed E-state index contributed by atoms with van der Waals surface area (Å²) in [5.41, 5.74) is 3.79. The number of para-hydroxylation sites is 1. The Morgan fingerprint density at radius 3 is 2.62 bits per heavy atom. The fourth-order valence-electron chi connectivity index (χ4n) is 4.63. The molecule has 1 fully saturated rings. The molecule has 128 valence electrons. The molecule has 4 rings (SSSR count). The second kappa shape index (κ2) is 5.80. The number of carbonyl (C=O) groups excluding carboxylic acids is 2. The van der Waals surface area contributed by atoms with Gasteiger partial charge in [0.15, 0.2) is 0 Å². The predicted molar refractivity (Wildman–Crippen MR) is 92.8 cm³/mol. The van der Waals surface area contributed by atoms with Gasteiger partial charge in [-0.25, -0.2) is 0 Å². The number of rotatable bonds is 2. The van der Waals surface area contributed by atoms with Gasteiger partial charge in [0.2, 0.25) is 11.8 Å². The van der Waals surface area contributed by atoms with Gasteiger partial charge in [-0.15, -0.1) is 0 Å². The van der Waals surface area contributed by atoms with Crippen LogP contribution in [0, 0.1) is 0 Å². The maximum Gasteiger partial charge on any atom is 0.223 e. The highest BCUT2D eigenvalue weighted by molar-refractivity contribution is 5.80. The summed E-state index contributed by atoms with van der Waals surface area (Å²) in [6, 6.07) is 6.77. The van der Waals surface area contributed by atoms with E-state index in [-0.39, 0.29) is 18.0 Å². The Morgan fingerprint density at radius 1 is 1.17 bits per heavy atom. The molecule has 1 aromatic carbocycles. The van der Waals surface area contributed by atoms with Crippen LogP contribution in [0.2, 0.25) is 0 Å². The maximum atomic E-state index is 12.3. The molecule has 1 saturated heterocycles. The van der Waals surface area contributed by atoms with Crippen LogP contribution in [-0.2, 0) is 9.59 Å². The Kier molecular flexibility index (Phi) is 3.74. The van der Waals surface area contributed by atoms with E-state index >= 15 is 0 Å². The summed E-state index contributed by atoms with van der Waals surface area (Å²) in [6.07, 6.45) is 3.64. The first kappa shape index (κ1) is 15.5. The second-order valence-corrected chi connectivity index (χ2v) is 7.20. The highest BCUT2D eigenvalue weighted by Crippen LogP contribution is 2.46. The lowest BCUT2D eigenvalue weighted by atomic mass is 9.85. The molecular weight excluding hydrogens is 302 g/mol. The normalized spacial score (nSPS) is 25.7. The highest BCUT2D eigenvalue weighted by Gasteiger charge is 2.38. The van der Waals surface area contributed by atoms with Crippen molar-refractivity contribution in [3.63, 3.8) is 0 Å². The smallest absolute Gasteiger partial charge is 0.223 e. The minimum absolute atomic E-state index is 0.105. The number of hydrogen-bond donors (Lipinski definition) is 0. The summed E-state index contributed by atoms with van der Waals surface area (Å²) in [5, 5.41) is 0. The number of anilines is 1. The quantitative estimate of drug-likeness (QED) is 0.838. The highest BCUT2D eigenvalue weighted by atomic mass is 16.2. The summed E-state index contributed by atoms with van der Waals surface area (Å²) in [6.45, 7) is 4.49. The Bertz CT molecular complexity index is 687. The van der Waals surface area contributed by atoms with Crippen molar-refractivity contribution in [3.05, 3.63) is 29.3 Å². The maximum absolute atomic E-state index is 12.3. The average Bonchev–Trinajstić information content (AvgIpc) is 3.01. The van der Waals surface area contributed by atoms with Crippen LogP contribution in [-0.4, -0.2) is 48.3 Å². The van der Waals surface area contributed by atoms with Crippen molar-refractivity contribution in [2.75, 3.05) is 31.6 Å². The van der Waals surface area contributed by atoms with Gasteiger partial charge < -0.3 is 14.7 Å². The zero-order valence-electron chi connectivity index (χ0n) is 14.5. The minimum Gasteiger partial charge on any atom is -0.371 e. The Morgan fingerprint density at radius 2 is 1.92 bits per heavy atom. The number of nitrogens with zero attached hydrogens (tertiary/aromatic N) is 3. The number of likely N-dealkylation sites (tertiary alicyclic amines) is 1. The van der Waals surface area contributed by atoms with E-state index in [1.54, 1.807) is 6.92 Å². The van der Waals surface area contributed by atoms with E-state index < -0.39 is 0 Å². The third-order valence-corrected chi connectivity index (χ3v) is 5.93. The Labute approximate surface area is 143 Å². The molecule has 24 heavy (non-hydrogen) atoms. The zero-order chi connectivity index (χ0) is 16.8. The van der Waals surface area contributed by atoms with Crippen molar-refractivity contribution >= 4 is 17.5 Å². The fraction of sp³-hybridized carbons (Fsp3) is 0.579. The Hall–Kier alpha value is -2.04. The van der Waals surface area contributed by atoms with E-state index in [0.717, 1.165) is 38.9 Å². The third kappa shape index (κ3) is 2.29. The molecule has 1 aromatic rings. The van der Waals surface area contributed by atoms with E-state index in [0.29, 0.717) is 12.3 Å². The van der Waals surface area contributed by atoms with Crippen LogP contribution in [0.15, 0.2) is 18.2 Å². The van der Waals surface area contributed by atoms with Crippen molar-refractivity contribution < 1.29 is 9.59 Å². The van der Waals surface area contributed by atoms with E-state index in [4.69, 9.17) is 0 Å². The van der Waals surface area contributed by atoms with Crippen LogP contribution < -0.4 is 4.90 Å². The molecular formula is C19H25N3O2. The topological polar surface area (TPSA) is 43.9 Å². The standard InChI is InChI=1S/C19H25N3O2/c1-13(23)20(2)16-8-11-21-12-9-17(22-10-4-7-18(22)24)15-6-3-5-14(16)19(15)21/h3,5-6,16-17H,4,7-12H2,1-2H3/t16-,17-/m1/s1. The lowest BCUT2D eigenvalue weighted by molar-refractivity contribution is -0.130. The van der Waals surface area contributed by atoms with Gasteiger partial charge >= 0.3 is 0 Å². The Balaban J connectivity index is 1.76. The first-order chi connectivity index (χ1) is 11.6. The third-order valence-electron chi connectivity index (χ3n) is 5.93. The minimum atomic E-state index is 0.105. The number of amides is 2. The lowest BCUT2D eigenvalue weighted by Crippen LogP contribution is -2.44. The van der Waals surface area contributed by atoms with Crippen LogP contribution >= 0.6 is 0 Å². The molecule has 0 bridgehead atoms. The summed E-state index contributed by atoms with van der Waals surface area (Å²) in [7, 11) is 1.90. The molecule has 3 aliphatic rings. The monoisotopic (exact) mass is 327 g/mol. The molecule has 5 heteroatoms. The van der Waals surface area contributed by atoms with E-state index in [9.17, 15) is 9.59 Å². The van der Waals surface area contributed by atoms with Gasteiger partial charge in [0, 0.05) is 45.7 Å². The molecule has 0 saturated carbocycles. The van der Waals surface area contributed by atoms with Gasteiger partial charge in [0.25, 0.3) is 0 Å². The van der Waals surface area contributed by atoms with Crippen molar-refractivity contribution in [1.82, 2.24) is 9.80 Å². The van der Waals surface area contributed by atoms with Gasteiger partial charge in [-0.1, -0.05) is 18.2 Å².